The summed E-state index contributed by atoms with van der Waals surface area (Å²) >= 11 is 0. The van der Waals surface area contributed by atoms with Crippen LogP contribution in [0.1, 0.15) is 47.0 Å². The van der Waals surface area contributed by atoms with Crippen molar-refractivity contribution < 1.29 is 22.7 Å². The molecule has 10 heteroatoms. The number of benzene rings is 2. The number of hydrogen-bond donors (Lipinski definition) is 4. The summed E-state index contributed by atoms with van der Waals surface area (Å²) in [5, 5.41) is 8.93. The molecule has 2 amide bonds. The predicted molar refractivity (Wildman–Crippen MR) is 143 cm³/mol. The van der Waals surface area contributed by atoms with E-state index >= 15 is 0 Å². The number of carbonyl (C=O) groups excluding carboxylic acids is 2. The summed E-state index contributed by atoms with van der Waals surface area (Å²) in [6.07, 6.45) is 3.07. The van der Waals surface area contributed by atoms with Crippen molar-refractivity contribution in [3.05, 3.63) is 42.5 Å². The first kappa shape index (κ1) is 27.5. The molecule has 1 saturated heterocycles. The molecule has 0 spiro atoms. The minimum Gasteiger partial charge on any atom is -0.383 e. The highest BCUT2D eigenvalue weighted by atomic mass is 32.2. The number of nitrogens with one attached hydrogen (secondary N) is 4. The smallest absolute Gasteiger partial charge is 0.261 e. The standard InChI is InChI=1S/C26H36N4O5S/c1-18(31)28-20-5-8-22(9-6-20)36(33,34)30-21-7-10-23(24(17-21)29-25(32)26(2,3)4)27-14-11-19-12-15-35-16-13-19/h5-10,17,19,27,30H,11-16H2,1-4H3,(H,28,31)(H,29,32). The molecule has 0 saturated carbocycles. The van der Waals surface area contributed by atoms with E-state index in [0.717, 1.165) is 44.7 Å². The molecule has 0 unspecified atom stereocenters. The quantitative estimate of drug-likeness (QED) is 0.384. The van der Waals surface area contributed by atoms with E-state index in [0.29, 0.717) is 23.0 Å². The van der Waals surface area contributed by atoms with Gasteiger partial charge in [-0.05, 0) is 67.6 Å². The van der Waals surface area contributed by atoms with Gasteiger partial charge in [-0.3, -0.25) is 14.3 Å². The summed E-state index contributed by atoms with van der Waals surface area (Å²) in [4.78, 5) is 24.0. The summed E-state index contributed by atoms with van der Waals surface area (Å²) < 4.78 is 33.9. The molecule has 0 aliphatic carbocycles. The molecule has 0 aromatic heterocycles. The van der Waals surface area contributed by atoms with E-state index < -0.39 is 15.4 Å². The van der Waals surface area contributed by atoms with Gasteiger partial charge in [0.05, 0.1) is 22.0 Å². The number of hydrogen-bond acceptors (Lipinski definition) is 6. The second-order valence-electron chi connectivity index (χ2n) is 10.0. The Bertz CT molecular complexity index is 1170. The average Bonchev–Trinajstić information content (AvgIpc) is 2.80. The molecular weight excluding hydrogens is 480 g/mol. The third-order valence-corrected chi connectivity index (χ3v) is 7.29. The molecule has 1 aliphatic heterocycles. The number of sulfonamides is 1. The van der Waals surface area contributed by atoms with Gasteiger partial charge >= 0.3 is 0 Å². The fourth-order valence-electron chi connectivity index (χ4n) is 3.76. The maximum absolute atomic E-state index is 12.9. The van der Waals surface area contributed by atoms with Gasteiger partial charge in [-0.15, -0.1) is 0 Å². The first-order valence-corrected chi connectivity index (χ1v) is 13.6. The third kappa shape index (κ3) is 7.96. The number of rotatable bonds is 9. The summed E-state index contributed by atoms with van der Waals surface area (Å²) in [7, 11) is -3.88. The van der Waals surface area contributed by atoms with Gasteiger partial charge in [0.2, 0.25) is 11.8 Å². The highest BCUT2D eigenvalue weighted by Gasteiger charge is 2.23. The van der Waals surface area contributed by atoms with Crippen LogP contribution in [0.2, 0.25) is 0 Å². The van der Waals surface area contributed by atoms with E-state index in [1.165, 1.54) is 31.2 Å². The highest BCUT2D eigenvalue weighted by molar-refractivity contribution is 7.92. The number of anilines is 4. The number of carbonyl (C=O) groups is 2. The molecule has 196 valence electrons. The lowest BCUT2D eigenvalue weighted by Gasteiger charge is -2.23. The SMILES string of the molecule is CC(=O)Nc1ccc(S(=O)(=O)Nc2ccc(NCCC3CCOCC3)c(NC(=O)C(C)(C)C)c2)cc1. The van der Waals surface area contributed by atoms with Crippen molar-refractivity contribution in [2.75, 3.05) is 40.4 Å². The first-order valence-electron chi connectivity index (χ1n) is 12.1. The predicted octanol–water partition coefficient (Wildman–Crippen LogP) is 4.66. The fraction of sp³-hybridized carbons (Fsp3) is 0.462. The lowest BCUT2D eigenvalue weighted by molar-refractivity contribution is -0.123. The van der Waals surface area contributed by atoms with E-state index in [1.54, 1.807) is 18.2 Å². The highest BCUT2D eigenvalue weighted by Crippen LogP contribution is 2.30. The zero-order valence-electron chi connectivity index (χ0n) is 21.3. The molecule has 3 rings (SSSR count). The molecule has 36 heavy (non-hydrogen) atoms. The Morgan fingerprint density at radius 3 is 2.19 bits per heavy atom. The van der Waals surface area contributed by atoms with Crippen LogP contribution in [0.4, 0.5) is 22.7 Å². The second kappa shape index (κ2) is 11.7. The van der Waals surface area contributed by atoms with Gasteiger partial charge in [-0.25, -0.2) is 8.42 Å². The summed E-state index contributed by atoms with van der Waals surface area (Å²) in [5.74, 6) is 0.181. The van der Waals surface area contributed by atoms with Crippen LogP contribution in [0.5, 0.6) is 0 Å². The molecular formula is C26H36N4O5S. The molecule has 1 heterocycles. The van der Waals surface area contributed by atoms with Crippen molar-refractivity contribution in [1.29, 1.82) is 0 Å². The normalized spacial score (nSPS) is 14.7. The Balaban J connectivity index is 1.77. The Kier molecular flexibility index (Phi) is 8.97. The summed E-state index contributed by atoms with van der Waals surface area (Å²) in [5.41, 5.74) is 1.43. The van der Waals surface area contributed by atoms with Gasteiger partial charge in [0.1, 0.15) is 0 Å². The largest absolute Gasteiger partial charge is 0.383 e. The average molecular weight is 517 g/mol. The van der Waals surface area contributed by atoms with Gasteiger partial charge in [0.25, 0.3) is 10.0 Å². The van der Waals surface area contributed by atoms with Crippen LogP contribution in [0, 0.1) is 11.3 Å². The minimum absolute atomic E-state index is 0.0514. The van der Waals surface area contributed by atoms with Crippen molar-refractivity contribution in [3.63, 3.8) is 0 Å². The minimum atomic E-state index is -3.88. The van der Waals surface area contributed by atoms with Crippen molar-refractivity contribution >= 4 is 44.6 Å². The van der Waals surface area contributed by atoms with Crippen LogP contribution in [0.15, 0.2) is 47.4 Å². The molecule has 0 bridgehead atoms. The number of amides is 2. The molecule has 9 nitrogen and oxygen atoms in total. The van der Waals surface area contributed by atoms with Crippen LogP contribution in [0.3, 0.4) is 0 Å². The zero-order chi connectivity index (χ0) is 26.3. The van der Waals surface area contributed by atoms with Crippen LogP contribution < -0.4 is 20.7 Å². The van der Waals surface area contributed by atoms with Crippen LogP contribution >= 0.6 is 0 Å². The van der Waals surface area contributed by atoms with Gasteiger partial charge in [0.15, 0.2) is 0 Å². The van der Waals surface area contributed by atoms with E-state index in [2.05, 4.69) is 20.7 Å². The summed E-state index contributed by atoms with van der Waals surface area (Å²) in [6, 6.07) is 10.9. The van der Waals surface area contributed by atoms with E-state index in [4.69, 9.17) is 4.74 Å². The van der Waals surface area contributed by atoms with Crippen LogP contribution in [0.25, 0.3) is 0 Å². The topological polar surface area (TPSA) is 126 Å². The van der Waals surface area contributed by atoms with E-state index in [1.807, 2.05) is 20.8 Å². The Labute approximate surface area is 213 Å². The molecule has 4 N–H and O–H groups in total. The van der Waals surface area contributed by atoms with Crippen LogP contribution in [-0.2, 0) is 24.3 Å². The maximum Gasteiger partial charge on any atom is 0.261 e. The van der Waals surface area contributed by atoms with Gasteiger partial charge in [0, 0.05) is 37.8 Å². The Hall–Kier alpha value is -3.11. The Morgan fingerprint density at radius 1 is 0.944 bits per heavy atom. The van der Waals surface area contributed by atoms with Gasteiger partial charge < -0.3 is 20.7 Å². The van der Waals surface area contributed by atoms with E-state index in [9.17, 15) is 18.0 Å². The van der Waals surface area contributed by atoms with Crippen molar-refractivity contribution in [2.45, 2.75) is 51.9 Å². The molecule has 0 atom stereocenters. The number of ether oxygens (including phenoxy) is 1. The molecule has 0 radical (unpaired) electrons. The monoisotopic (exact) mass is 516 g/mol. The first-order chi connectivity index (χ1) is 16.9. The lowest BCUT2D eigenvalue weighted by Crippen LogP contribution is -2.28. The molecule has 1 aliphatic rings. The maximum atomic E-state index is 12.9. The third-order valence-electron chi connectivity index (χ3n) is 5.90. The summed E-state index contributed by atoms with van der Waals surface area (Å²) in [6.45, 7) is 9.15. The van der Waals surface area contributed by atoms with Crippen molar-refractivity contribution in [1.82, 2.24) is 0 Å². The molecule has 1 fully saturated rings. The van der Waals surface area contributed by atoms with Crippen molar-refractivity contribution in [3.8, 4) is 0 Å². The lowest BCUT2D eigenvalue weighted by atomic mass is 9.95. The Morgan fingerprint density at radius 2 is 1.58 bits per heavy atom. The second-order valence-corrected chi connectivity index (χ2v) is 11.7. The van der Waals surface area contributed by atoms with E-state index in [-0.39, 0.29) is 16.7 Å². The fourth-order valence-corrected chi connectivity index (χ4v) is 4.81. The van der Waals surface area contributed by atoms with Crippen molar-refractivity contribution in [2.24, 2.45) is 11.3 Å². The van der Waals surface area contributed by atoms with Crippen LogP contribution in [-0.4, -0.2) is 40.0 Å². The van der Waals surface area contributed by atoms with Gasteiger partial charge in [-0.1, -0.05) is 20.8 Å². The van der Waals surface area contributed by atoms with Gasteiger partial charge in [-0.2, -0.15) is 0 Å². The molecule has 2 aromatic carbocycles. The zero-order valence-corrected chi connectivity index (χ0v) is 22.1. The molecule has 2 aromatic rings.